The first-order valence-corrected chi connectivity index (χ1v) is 8.47. The van der Waals surface area contributed by atoms with Gasteiger partial charge in [0.05, 0.1) is 5.69 Å². The minimum atomic E-state index is 0.0793. The van der Waals surface area contributed by atoms with Gasteiger partial charge in [-0.05, 0) is 48.2 Å². The van der Waals surface area contributed by atoms with Gasteiger partial charge in [0.15, 0.2) is 0 Å². The lowest BCUT2D eigenvalue weighted by Crippen LogP contribution is -2.22. The van der Waals surface area contributed by atoms with Crippen molar-refractivity contribution in [3.63, 3.8) is 0 Å². The van der Waals surface area contributed by atoms with E-state index in [-0.39, 0.29) is 5.91 Å². The lowest BCUT2D eigenvalue weighted by atomic mass is 10.1. The second kappa shape index (κ2) is 8.73. The lowest BCUT2D eigenvalue weighted by molar-refractivity contribution is -0.121. The minimum absolute atomic E-state index is 0.0793. The Bertz CT molecular complexity index is 804. The Balaban J connectivity index is 1.47. The largest absolute Gasteiger partial charge is 0.352 e. The fourth-order valence-corrected chi connectivity index (χ4v) is 2.64. The third-order valence-electron chi connectivity index (χ3n) is 3.98. The monoisotopic (exact) mass is 331 g/mol. The van der Waals surface area contributed by atoms with Gasteiger partial charge in [0, 0.05) is 37.1 Å². The van der Waals surface area contributed by atoms with E-state index in [4.69, 9.17) is 0 Å². The molecule has 1 aromatic carbocycles. The summed E-state index contributed by atoms with van der Waals surface area (Å²) in [6, 6.07) is 18.0. The predicted octanol–water partition coefficient (Wildman–Crippen LogP) is 3.78. The van der Waals surface area contributed by atoms with E-state index in [1.807, 2.05) is 42.5 Å². The molecule has 0 saturated heterocycles. The maximum absolute atomic E-state index is 12.0. The van der Waals surface area contributed by atoms with Gasteiger partial charge in [-0.15, -0.1) is 0 Å². The van der Waals surface area contributed by atoms with Crippen molar-refractivity contribution in [1.29, 1.82) is 0 Å². The van der Waals surface area contributed by atoms with Crippen LogP contribution in [0.25, 0.3) is 11.3 Å². The molecule has 0 bridgehead atoms. The second-order valence-electron chi connectivity index (χ2n) is 5.91. The van der Waals surface area contributed by atoms with Crippen LogP contribution in [-0.4, -0.2) is 15.9 Å². The molecule has 0 unspecified atom stereocenters. The number of rotatable bonds is 7. The fraction of sp³-hybridized carbons (Fsp3) is 0.190. The molecule has 0 atom stereocenters. The van der Waals surface area contributed by atoms with Crippen LogP contribution in [0.1, 0.15) is 24.0 Å². The van der Waals surface area contributed by atoms with Crippen LogP contribution in [0.4, 0.5) is 0 Å². The predicted molar refractivity (Wildman–Crippen MR) is 98.7 cm³/mol. The number of benzene rings is 1. The first-order valence-electron chi connectivity index (χ1n) is 8.47. The Kier molecular flexibility index (Phi) is 5.88. The van der Waals surface area contributed by atoms with Crippen LogP contribution >= 0.6 is 0 Å². The fourth-order valence-electron chi connectivity index (χ4n) is 2.64. The number of pyridine rings is 2. The van der Waals surface area contributed by atoms with E-state index in [1.165, 1.54) is 5.56 Å². The van der Waals surface area contributed by atoms with Gasteiger partial charge in [-0.1, -0.05) is 30.3 Å². The molecular weight excluding hydrogens is 310 g/mol. The molecule has 126 valence electrons. The zero-order chi connectivity index (χ0) is 17.3. The number of nitrogens with one attached hydrogen (secondary N) is 1. The number of amides is 1. The van der Waals surface area contributed by atoms with Crippen molar-refractivity contribution in [2.75, 3.05) is 0 Å². The van der Waals surface area contributed by atoms with Crippen LogP contribution in [0.5, 0.6) is 0 Å². The topological polar surface area (TPSA) is 54.9 Å². The molecule has 0 spiro atoms. The molecule has 0 saturated carbocycles. The molecule has 0 aliphatic rings. The molecule has 4 nitrogen and oxygen atoms in total. The van der Waals surface area contributed by atoms with Crippen LogP contribution in [-0.2, 0) is 17.8 Å². The Hall–Kier alpha value is -3.01. The summed E-state index contributed by atoms with van der Waals surface area (Å²) in [6.07, 6.45) is 7.60. The van der Waals surface area contributed by atoms with E-state index in [1.54, 1.807) is 18.6 Å². The zero-order valence-corrected chi connectivity index (χ0v) is 14.1. The van der Waals surface area contributed by atoms with E-state index < -0.39 is 0 Å². The van der Waals surface area contributed by atoms with Gasteiger partial charge in [0.2, 0.25) is 5.91 Å². The van der Waals surface area contributed by atoms with Crippen molar-refractivity contribution in [1.82, 2.24) is 15.3 Å². The van der Waals surface area contributed by atoms with Crippen molar-refractivity contribution < 1.29 is 4.79 Å². The van der Waals surface area contributed by atoms with E-state index in [0.29, 0.717) is 13.0 Å². The van der Waals surface area contributed by atoms with Gasteiger partial charge >= 0.3 is 0 Å². The van der Waals surface area contributed by atoms with Gasteiger partial charge in [-0.3, -0.25) is 14.8 Å². The number of hydrogen-bond acceptors (Lipinski definition) is 3. The summed E-state index contributed by atoms with van der Waals surface area (Å²) < 4.78 is 0. The van der Waals surface area contributed by atoms with Crippen LogP contribution in [0.3, 0.4) is 0 Å². The minimum Gasteiger partial charge on any atom is -0.352 e. The highest BCUT2D eigenvalue weighted by atomic mass is 16.1. The standard InChI is InChI=1S/C21H21N3O/c25-21(10-4-8-17-6-2-1-3-7-17)24-15-18-11-13-23-20(14-18)19-9-5-12-22-16-19/h1-3,5-7,9,11-14,16H,4,8,10,15H2,(H,24,25). The van der Waals surface area contributed by atoms with Crippen molar-refractivity contribution >= 4 is 5.91 Å². The van der Waals surface area contributed by atoms with Crippen LogP contribution in [0, 0.1) is 0 Å². The van der Waals surface area contributed by atoms with Crippen LogP contribution in [0.15, 0.2) is 73.2 Å². The van der Waals surface area contributed by atoms with Gasteiger partial charge in [0.25, 0.3) is 0 Å². The quantitative estimate of drug-likeness (QED) is 0.717. The molecule has 0 fully saturated rings. The van der Waals surface area contributed by atoms with Crippen LogP contribution in [0.2, 0.25) is 0 Å². The average Bonchev–Trinajstić information content (AvgIpc) is 2.68. The van der Waals surface area contributed by atoms with Crippen molar-refractivity contribution in [3.8, 4) is 11.3 Å². The molecular formula is C21H21N3O. The molecule has 2 aromatic heterocycles. The Morgan fingerprint density at radius 2 is 1.84 bits per heavy atom. The van der Waals surface area contributed by atoms with Gasteiger partial charge in [0.1, 0.15) is 0 Å². The SMILES string of the molecule is O=C(CCCc1ccccc1)NCc1ccnc(-c2cccnc2)c1. The molecule has 2 heterocycles. The Labute approximate surface area is 148 Å². The summed E-state index contributed by atoms with van der Waals surface area (Å²) in [6.45, 7) is 0.514. The first-order chi connectivity index (χ1) is 12.3. The Morgan fingerprint density at radius 1 is 0.960 bits per heavy atom. The van der Waals surface area contributed by atoms with Crippen molar-refractivity contribution in [3.05, 3.63) is 84.3 Å². The van der Waals surface area contributed by atoms with Gasteiger partial charge in [-0.2, -0.15) is 0 Å². The second-order valence-corrected chi connectivity index (χ2v) is 5.91. The number of aromatic nitrogens is 2. The molecule has 3 aromatic rings. The summed E-state index contributed by atoms with van der Waals surface area (Å²) in [7, 11) is 0. The van der Waals surface area contributed by atoms with E-state index >= 15 is 0 Å². The van der Waals surface area contributed by atoms with Gasteiger partial charge in [-0.25, -0.2) is 0 Å². The summed E-state index contributed by atoms with van der Waals surface area (Å²) in [5, 5.41) is 2.98. The first kappa shape index (κ1) is 16.8. The number of carbonyl (C=O) groups is 1. The average molecular weight is 331 g/mol. The summed E-state index contributed by atoms with van der Waals surface area (Å²) in [5.74, 6) is 0.0793. The number of aryl methyl sites for hydroxylation is 1. The smallest absolute Gasteiger partial charge is 0.220 e. The third kappa shape index (κ3) is 5.24. The highest BCUT2D eigenvalue weighted by Crippen LogP contribution is 2.16. The summed E-state index contributed by atoms with van der Waals surface area (Å²) >= 11 is 0. The third-order valence-corrected chi connectivity index (χ3v) is 3.98. The van der Waals surface area contributed by atoms with Crippen LogP contribution < -0.4 is 5.32 Å². The molecule has 0 aliphatic carbocycles. The molecule has 1 amide bonds. The Morgan fingerprint density at radius 3 is 2.64 bits per heavy atom. The maximum Gasteiger partial charge on any atom is 0.220 e. The van der Waals surface area contributed by atoms with Gasteiger partial charge < -0.3 is 5.32 Å². The summed E-state index contributed by atoms with van der Waals surface area (Å²) in [5.41, 5.74) is 4.14. The highest BCUT2D eigenvalue weighted by Gasteiger charge is 2.04. The number of carbonyl (C=O) groups excluding carboxylic acids is 1. The van der Waals surface area contributed by atoms with E-state index in [0.717, 1.165) is 29.7 Å². The number of nitrogens with zero attached hydrogens (tertiary/aromatic N) is 2. The summed E-state index contributed by atoms with van der Waals surface area (Å²) in [4.78, 5) is 20.5. The highest BCUT2D eigenvalue weighted by molar-refractivity contribution is 5.75. The number of hydrogen-bond donors (Lipinski definition) is 1. The molecule has 0 radical (unpaired) electrons. The maximum atomic E-state index is 12.0. The van der Waals surface area contributed by atoms with E-state index in [9.17, 15) is 4.79 Å². The van der Waals surface area contributed by atoms with Crippen molar-refractivity contribution in [2.45, 2.75) is 25.8 Å². The molecule has 4 heteroatoms. The van der Waals surface area contributed by atoms with Crippen molar-refractivity contribution in [2.24, 2.45) is 0 Å². The molecule has 3 rings (SSSR count). The normalized spacial score (nSPS) is 10.4. The zero-order valence-electron chi connectivity index (χ0n) is 14.1. The molecule has 0 aliphatic heterocycles. The molecule has 1 N–H and O–H groups in total. The van der Waals surface area contributed by atoms with E-state index in [2.05, 4.69) is 27.4 Å². The lowest BCUT2D eigenvalue weighted by Gasteiger charge is -2.07. The molecule has 25 heavy (non-hydrogen) atoms.